The van der Waals surface area contributed by atoms with Crippen LogP contribution in [0.25, 0.3) is 0 Å². The van der Waals surface area contributed by atoms with Crippen LogP contribution in [0.4, 0.5) is 0 Å². The summed E-state index contributed by atoms with van der Waals surface area (Å²) in [6.45, 7) is 36.3. The van der Waals surface area contributed by atoms with Crippen molar-refractivity contribution in [1.82, 2.24) is 0 Å². The van der Waals surface area contributed by atoms with Crippen LogP contribution in [0.3, 0.4) is 0 Å². The zero-order chi connectivity index (χ0) is 29.1. The van der Waals surface area contributed by atoms with Crippen LogP contribution >= 0.6 is 0 Å². The zero-order valence-corrected chi connectivity index (χ0v) is 27.3. The highest BCUT2D eigenvalue weighted by Gasteiger charge is 2.59. The summed E-state index contributed by atoms with van der Waals surface area (Å²) in [6, 6.07) is 0. The van der Waals surface area contributed by atoms with Crippen LogP contribution in [0, 0.1) is 56.2 Å². The van der Waals surface area contributed by atoms with Crippen LogP contribution < -0.4 is 5.73 Å². The van der Waals surface area contributed by atoms with Crippen molar-refractivity contribution < 1.29 is 9.59 Å². The summed E-state index contributed by atoms with van der Waals surface area (Å²) >= 11 is 0. The summed E-state index contributed by atoms with van der Waals surface area (Å²) in [7, 11) is 0. The lowest BCUT2D eigenvalue weighted by molar-refractivity contribution is -0.155. The lowest BCUT2D eigenvalue weighted by atomic mass is 9.44. The van der Waals surface area contributed by atoms with Crippen LogP contribution in [0.2, 0.25) is 0 Å². The van der Waals surface area contributed by atoms with Gasteiger partial charge in [0.2, 0.25) is 5.91 Å². The van der Waals surface area contributed by atoms with E-state index in [1.807, 2.05) is 0 Å². The van der Waals surface area contributed by atoms with Gasteiger partial charge < -0.3 is 10.5 Å². The first kappa shape index (κ1) is 35.1. The predicted octanol–water partition coefficient (Wildman–Crippen LogP) is 9.32. The van der Waals surface area contributed by atoms with Gasteiger partial charge in [0.25, 0.3) is 0 Å². The Morgan fingerprint density at radius 1 is 0.750 bits per heavy atom. The molecule has 36 heavy (non-hydrogen) atoms. The van der Waals surface area contributed by atoms with E-state index < -0.39 is 10.8 Å². The standard InChI is InChI=1S/C33H65NO2/c1-17-24(7)33(19-3,20-4)28(8,9)21-25(27(34)36)29(10,11)30(12,13)26(22-35)31(14,15)32(16,18-2)23(5)6/h22-26H,17-21H2,1-16H3,(H2,34,36). The smallest absolute Gasteiger partial charge is 0.221 e. The summed E-state index contributed by atoms with van der Waals surface area (Å²) in [5, 5.41) is 0. The fourth-order valence-corrected chi connectivity index (χ4v) is 8.44. The van der Waals surface area contributed by atoms with Crippen molar-refractivity contribution in [2.24, 2.45) is 61.9 Å². The maximum Gasteiger partial charge on any atom is 0.221 e. The summed E-state index contributed by atoms with van der Waals surface area (Å²) in [5.74, 6) is 0.166. The first-order chi connectivity index (χ1) is 16.1. The van der Waals surface area contributed by atoms with Gasteiger partial charge in [0, 0.05) is 11.8 Å². The molecular formula is C33H65NO2. The molecular weight excluding hydrogens is 442 g/mol. The molecule has 0 aromatic heterocycles. The largest absolute Gasteiger partial charge is 0.369 e. The number of nitrogens with two attached hydrogens (primary N) is 1. The minimum Gasteiger partial charge on any atom is -0.369 e. The van der Waals surface area contributed by atoms with Gasteiger partial charge in [0.15, 0.2) is 0 Å². The van der Waals surface area contributed by atoms with Crippen molar-refractivity contribution in [2.75, 3.05) is 0 Å². The third-order valence-corrected chi connectivity index (χ3v) is 12.9. The number of hydrogen-bond acceptors (Lipinski definition) is 2. The van der Waals surface area contributed by atoms with Gasteiger partial charge in [0.1, 0.15) is 6.29 Å². The van der Waals surface area contributed by atoms with Crippen molar-refractivity contribution in [3.05, 3.63) is 0 Å². The number of carbonyl (C=O) groups is 2. The second-order valence-corrected chi connectivity index (χ2v) is 14.9. The molecule has 0 aliphatic rings. The van der Waals surface area contributed by atoms with Gasteiger partial charge >= 0.3 is 0 Å². The van der Waals surface area contributed by atoms with Gasteiger partial charge in [0.05, 0.1) is 0 Å². The molecule has 214 valence electrons. The molecule has 0 aromatic carbocycles. The molecule has 3 nitrogen and oxygen atoms in total. The molecule has 2 N–H and O–H groups in total. The van der Waals surface area contributed by atoms with Gasteiger partial charge in [-0.15, -0.1) is 0 Å². The highest BCUT2D eigenvalue weighted by Crippen LogP contribution is 2.63. The second-order valence-electron chi connectivity index (χ2n) is 14.9. The van der Waals surface area contributed by atoms with E-state index in [0.29, 0.717) is 11.8 Å². The van der Waals surface area contributed by atoms with Crippen LogP contribution in [0.1, 0.15) is 143 Å². The molecule has 0 rings (SSSR count). The third kappa shape index (κ3) is 5.61. The van der Waals surface area contributed by atoms with E-state index in [9.17, 15) is 9.59 Å². The molecule has 3 heteroatoms. The third-order valence-electron chi connectivity index (χ3n) is 12.9. The molecule has 0 bridgehead atoms. The normalized spacial score (nSPS) is 18.5. The Kier molecular flexibility index (Phi) is 11.6. The van der Waals surface area contributed by atoms with E-state index in [2.05, 4.69) is 111 Å². The maximum atomic E-state index is 13.3. The van der Waals surface area contributed by atoms with Crippen molar-refractivity contribution in [3.63, 3.8) is 0 Å². The lowest BCUT2D eigenvalue weighted by Gasteiger charge is -2.60. The number of primary amides is 1. The van der Waals surface area contributed by atoms with Crippen LogP contribution in [-0.4, -0.2) is 12.2 Å². The summed E-state index contributed by atoms with van der Waals surface area (Å²) in [6.07, 6.45) is 6.18. The molecule has 4 atom stereocenters. The van der Waals surface area contributed by atoms with Crippen molar-refractivity contribution >= 4 is 12.2 Å². The summed E-state index contributed by atoms with van der Waals surface area (Å²) < 4.78 is 0. The van der Waals surface area contributed by atoms with Crippen LogP contribution in [0.15, 0.2) is 0 Å². The SMILES string of the molecule is CCC(C)C(CC)(CC)C(C)(C)CC(C(N)=O)C(C)(C)C(C)(C)C(C=O)C(C)(C)C(C)(CC)C(C)C. The number of amides is 1. The summed E-state index contributed by atoms with van der Waals surface area (Å²) in [4.78, 5) is 26.2. The first-order valence-electron chi connectivity index (χ1n) is 14.8. The zero-order valence-electron chi connectivity index (χ0n) is 27.3. The molecule has 0 aliphatic carbocycles. The topological polar surface area (TPSA) is 60.2 Å². The van der Waals surface area contributed by atoms with Gasteiger partial charge in [-0.25, -0.2) is 0 Å². The van der Waals surface area contributed by atoms with Crippen LogP contribution in [0.5, 0.6) is 0 Å². The molecule has 0 saturated heterocycles. The maximum absolute atomic E-state index is 13.3. The highest BCUT2D eigenvalue weighted by atomic mass is 16.1. The van der Waals surface area contributed by atoms with E-state index in [-0.39, 0.29) is 39.4 Å². The molecule has 0 spiro atoms. The van der Waals surface area contributed by atoms with Gasteiger partial charge in [-0.2, -0.15) is 0 Å². The van der Waals surface area contributed by atoms with Gasteiger partial charge in [-0.3, -0.25) is 4.79 Å². The molecule has 0 fully saturated rings. The predicted molar refractivity (Wildman–Crippen MR) is 158 cm³/mol. The van der Waals surface area contributed by atoms with Crippen molar-refractivity contribution in [2.45, 2.75) is 143 Å². The van der Waals surface area contributed by atoms with Gasteiger partial charge in [-0.1, -0.05) is 117 Å². The minimum absolute atomic E-state index is 0.0243. The molecule has 0 heterocycles. The average molecular weight is 508 g/mol. The van der Waals surface area contributed by atoms with E-state index in [1.165, 1.54) is 6.29 Å². The number of carbonyl (C=O) groups excluding carboxylic acids is 2. The van der Waals surface area contributed by atoms with E-state index in [1.54, 1.807) is 0 Å². The molecule has 0 aliphatic heterocycles. The molecule has 4 unspecified atom stereocenters. The Bertz CT molecular complexity index is 726. The van der Waals surface area contributed by atoms with E-state index in [4.69, 9.17) is 5.73 Å². The Hall–Kier alpha value is -0.860. The van der Waals surface area contributed by atoms with E-state index in [0.717, 1.165) is 32.1 Å². The molecule has 0 radical (unpaired) electrons. The molecule has 0 aromatic rings. The first-order valence-corrected chi connectivity index (χ1v) is 14.8. The molecule has 1 amide bonds. The Morgan fingerprint density at radius 2 is 1.19 bits per heavy atom. The summed E-state index contributed by atoms with van der Waals surface area (Å²) in [5.41, 5.74) is 5.07. The monoisotopic (exact) mass is 508 g/mol. The number of aldehydes is 1. The Morgan fingerprint density at radius 3 is 1.47 bits per heavy atom. The number of hydrogen-bond donors (Lipinski definition) is 1. The fourth-order valence-electron chi connectivity index (χ4n) is 8.44. The Balaban J connectivity index is 6.86. The fraction of sp³-hybridized carbons (Fsp3) is 0.939. The quantitative estimate of drug-likeness (QED) is 0.211. The lowest BCUT2D eigenvalue weighted by Crippen LogP contribution is -2.57. The van der Waals surface area contributed by atoms with Crippen molar-refractivity contribution in [3.8, 4) is 0 Å². The average Bonchev–Trinajstić information content (AvgIpc) is 2.76. The molecule has 0 saturated carbocycles. The minimum atomic E-state index is -0.479. The van der Waals surface area contributed by atoms with Crippen LogP contribution in [-0.2, 0) is 9.59 Å². The van der Waals surface area contributed by atoms with E-state index >= 15 is 0 Å². The highest BCUT2D eigenvalue weighted by molar-refractivity contribution is 5.78. The second kappa shape index (κ2) is 11.9. The number of rotatable bonds is 16. The van der Waals surface area contributed by atoms with Crippen molar-refractivity contribution in [1.29, 1.82) is 0 Å². The Labute approximate surface area is 226 Å². The van der Waals surface area contributed by atoms with Gasteiger partial charge in [-0.05, 0) is 70.0 Å².